The molecule has 1 amide bonds. The molecule has 0 radical (unpaired) electrons. The average Bonchev–Trinajstić information content (AvgIpc) is 2.11. The molecular weight excluding hydrogens is 248 g/mol. The number of amides is 1. The van der Waals surface area contributed by atoms with E-state index >= 15 is 0 Å². The lowest BCUT2D eigenvalue weighted by molar-refractivity contribution is 0.153. The summed E-state index contributed by atoms with van der Waals surface area (Å²) in [6.45, 7) is 2.25. The minimum absolute atomic E-state index is 0.309. The van der Waals surface area contributed by atoms with Gasteiger partial charge in [0.25, 0.3) is 0 Å². The van der Waals surface area contributed by atoms with Gasteiger partial charge in [-0.3, -0.25) is 4.98 Å². The first-order chi connectivity index (χ1) is 6.50. The minimum Gasteiger partial charge on any atom is -0.465 e. The Hall–Kier alpha value is -1.10. The number of aromatic nitrogens is 1. The second kappa shape index (κ2) is 4.41. The normalized spacial score (nSPS) is 9.93. The van der Waals surface area contributed by atoms with E-state index < -0.39 is 6.09 Å². The Morgan fingerprint density at radius 1 is 1.71 bits per heavy atom. The molecule has 0 saturated carbocycles. The van der Waals surface area contributed by atoms with Crippen molar-refractivity contribution in [1.29, 1.82) is 0 Å². The highest BCUT2D eigenvalue weighted by molar-refractivity contribution is 9.10. The van der Waals surface area contributed by atoms with Crippen LogP contribution in [0.15, 0.2) is 16.7 Å². The third-order valence-electron chi connectivity index (χ3n) is 1.83. The summed E-state index contributed by atoms with van der Waals surface area (Å²) in [5.41, 5.74) is 1.80. The predicted octanol–water partition coefficient (Wildman–Crippen LogP) is 2.26. The number of nitrogens with zero attached hydrogens (tertiary/aromatic N) is 2. The van der Waals surface area contributed by atoms with Gasteiger partial charge in [0.15, 0.2) is 0 Å². The van der Waals surface area contributed by atoms with Gasteiger partial charge in [0, 0.05) is 17.7 Å². The number of pyridine rings is 1. The highest BCUT2D eigenvalue weighted by Gasteiger charge is 2.07. The lowest BCUT2D eigenvalue weighted by Crippen LogP contribution is -2.24. The van der Waals surface area contributed by atoms with Crippen LogP contribution in [0.4, 0.5) is 4.79 Å². The Balaban J connectivity index is 2.78. The van der Waals surface area contributed by atoms with E-state index in [1.165, 1.54) is 11.9 Å². The molecule has 5 heteroatoms. The smallest absolute Gasteiger partial charge is 0.407 e. The molecule has 0 unspecified atom stereocenters. The zero-order chi connectivity index (χ0) is 10.7. The van der Waals surface area contributed by atoms with E-state index in [4.69, 9.17) is 5.11 Å². The molecule has 1 rings (SSSR count). The predicted molar refractivity (Wildman–Crippen MR) is 56.2 cm³/mol. The molecule has 0 aliphatic rings. The fraction of sp³-hybridized carbons (Fsp3) is 0.333. The van der Waals surface area contributed by atoms with Crippen molar-refractivity contribution in [3.8, 4) is 0 Å². The third-order valence-corrected chi connectivity index (χ3v) is 2.66. The molecule has 76 valence electrons. The van der Waals surface area contributed by atoms with E-state index in [1.807, 2.05) is 13.0 Å². The van der Waals surface area contributed by atoms with E-state index in [1.54, 1.807) is 6.20 Å². The van der Waals surface area contributed by atoms with Crippen molar-refractivity contribution in [2.75, 3.05) is 7.05 Å². The SMILES string of the molecule is Cc1cc(CN(C)C(=O)O)ncc1Br. The first-order valence-corrected chi connectivity index (χ1v) is 4.85. The molecule has 0 spiro atoms. The maximum Gasteiger partial charge on any atom is 0.407 e. The van der Waals surface area contributed by atoms with Gasteiger partial charge in [-0.05, 0) is 34.5 Å². The molecule has 0 aliphatic carbocycles. The second-order valence-corrected chi connectivity index (χ2v) is 3.92. The highest BCUT2D eigenvalue weighted by atomic mass is 79.9. The first kappa shape index (κ1) is 11.0. The fourth-order valence-electron chi connectivity index (χ4n) is 0.995. The van der Waals surface area contributed by atoms with Crippen molar-refractivity contribution in [2.45, 2.75) is 13.5 Å². The van der Waals surface area contributed by atoms with Crippen LogP contribution in [0.1, 0.15) is 11.3 Å². The molecule has 1 heterocycles. The van der Waals surface area contributed by atoms with Crippen molar-refractivity contribution in [3.05, 3.63) is 28.0 Å². The fourth-order valence-corrected chi connectivity index (χ4v) is 1.21. The van der Waals surface area contributed by atoms with Crippen LogP contribution in [0, 0.1) is 6.92 Å². The number of carbonyl (C=O) groups is 1. The molecule has 14 heavy (non-hydrogen) atoms. The van der Waals surface area contributed by atoms with Gasteiger partial charge in [0.1, 0.15) is 0 Å². The topological polar surface area (TPSA) is 53.4 Å². The maximum absolute atomic E-state index is 10.5. The molecule has 0 aliphatic heterocycles. The van der Waals surface area contributed by atoms with E-state index in [0.29, 0.717) is 6.54 Å². The summed E-state index contributed by atoms with van der Waals surface area (Å²) < 4.78 is 0.930. The van der Waals surface area contributed by atoms with Crippen LogP contribution in [0.25, 0.3) is 0 Å². The standard InChI is InChI=1S/C9H11BrN2O2/c1-6-3-7(11-4-8(6)10)5-12(2)9(13)14/h3-4H,5H2,1-2H3,(H,13,14). The van der Waals surface area contributed by atoms with Crippen LogP contribution >= 0.6 is 15.9 Å². The highest BCUT2D eigenvalue weighted by Crippen LogP contribution is 2.15. The van der Waals surface area contributed by atoms with Crippen molar-refractivity contribution in [3.63, 3.8) is 0 Å². The van der Waals surface area contributed by atoms with Crippen LogP contribution in [-0.4, -0.2) is 28.1 Å². The van der Waals surface area contributed by atoms with Crippen LogP contribution in [0.3, 0.4) is 0 Å². The van der Waals surface area contributed by atoms with E-state index in [0.717, 1.165) is 15.7 Å². The van der Waals surface area contributed by atoms with Gasteiger partial charge in [0.05, 0.1) is 12.2 Å². The van der Waals surface area contributed by atoms with Crippen LogP contribution in [-0.2, 0) is 6.54 Å². The van der Waals surface area contributed by atoms with E-state index in [-0.39, 0.29) is 0 Å². The van der Waals surface area contributed by atoms with Gasteiger partial charge < -0.3 is 10.0 Å². The molecule has 1 aromatic rings. The summed E-state index contributed by atoms with van der Waals surface area (Å²) in [4.78, 5) is 15.8. The zero-order valence-corrected chi connectivity index (χ0v) is 9.58. The lowest BCUT2D eigenvalue weighted by Gasteiger charge is -2.12. The first-order valence-electron chi connectivity index (χ1n) is 4.06. The van der Waals surface area contributed by atoms with Gasteiger partial charge in [-0.2, -0.15) is 0 Å². The summed E-state index contributed by atoms with van der Waals surface area (Å²) in [5.74, 6) is 0. The van der Waals surface area contributed by atoms with Crippen molar-refractivity contribution in [2.24, 2.45) is 0 Å². The lowest BCUT2D eigenvalue weighted by atomic mass is 10.2. The Morgan fingerprint density at radius 3 is 2.86 bits per heavy atom. The quantitative estimate of drug-likeness (QED) is 0.886. The van der Waals surface area contributed by atoms with Crippen molar-refractivity contribution in [1.82, 2.24) is 9.88 Å². The summed E-state index contributed by atoms with van der Waals surface area (Å²) >= 11 is 3.33. The number of carboxylic acid groups (broad SMARTS) is 1. The summed E-state index contributed by atoms with van der Waals surface area (Å²) in [6.07, 6.45) is 0.729. The summed E-state index contributed by atoms with van der Waals surface area (Å²) in [5, 5.41) is 8.66. The van der Waals surface area contributed by atoms with Crippen molar-refractivity contribution >= 4 is 22.0 Å². The molecule has 0 saturated heterocycles. The minimum atomic E-state index is -0.952. The molecular formula is C9H11BrN2O2. The molecule has 4 nitrogen and oxygen atoms in total. The monoisotopic (exact) mass is 258 g/mol. The van der Waals surface area contributed by atoms with Gasteiger partial charge in [-0.1, -0.05) is 0 Å². The number of rotatable bonds is 2. The number of hydrogen-bond donors (Lipinski definition) is 1. The number of aryl methyl sites for hydroxylation is 1. The van der Waals surface area contributed by atoms with Crippen LogP contribution < -0.4 is 0 Å². The number of halogens is 1. The van der Waals surface area contributed by atoms with Crippen LogP contribution in [0.5, 0.6) is 0 Å². The Morgan fingerprint density at radius 2 is 2.36 bits per heavy atom. The third kappa shape index (κ3) is 2.70. The Labute approximate surface area is 90.7 Å². The van der Waals surface area contributed by atoms with E-state index in [2.05, 4.69) is 20.9 Å². The summed E-state index contributed by atoms with van der Waals surface area (Å²) in [7, 11) is 1.52. The Kier molecular flexibility index (Phi) is 3.46. The zero-order valence-electron chi connectivity index (χ0n) is 7.99. The van der Waals surface area contributed by atoms with Gasteiger partial charge in [-0.15, -0.1) is 0 Å². The second-order valence-electron chi connectivity index (χ2n) is 3.06. The molecule has 0 fully saturated rings. The molecule has 1 N–H and O–H groups in total. The van der Waals surface area contributed by atoms with Crippen LogP contribution in [0.2, 0.25) is 0 Å². The van der Waals surface area contributed by atoms with Gasteiger partial charge >= 0.3 is 6.09 Å². The number of hydrogen-bond acceptors (Lipinski definition) is 2. The Bertz CT molecular complexity index is 355. The maximum atomic E-state index is 10.5. The van der Waals surface area contributed by atoms with Gasteiger partial charge in [-0.25, -0.2) is 4.79 Å². The van der Waals surface area contributed by atoms with Gasteiger partial charge in [0.2, 0.25) is 0 Å². The molecule has 0 bridgehead atoms. The molecule has 0 aromatic carbocycles. The summed E-state index contributed by atoms with van der Waals surface area (Å²) in [6, 6.07) is 1.86. The molecule has 0 atom stereocenters. The van der Waals surface area contributed by atoms with E-state index in [9.17, 15) is 4.79 Å². The molecule has 1 aromatic heterocycles. The van der Waals surface area contributed by atoms with Crippen molar-refractivity contribution < 1.29 is 9.90 Å². The average molecular weight is 259 g/mol. The largest absolute Gasteiger partial charge is 0.465 e.